The Kier molecular flexibility index (Phi) is 4.59. The zero-order valence-electron chi connectivity index (χ0n) is 8.48. The molecule has 1 aromatic carbocycles. The summed E-state index contributed by atoms with van der Waals surface area (Å²) in [5.74, 6) is 0. The number of rotatable bonds is 5. The molecule has 0 bridgehead atoms. The summed E-state index contributed by atoms with van der Waals surface area (Å²) in [6, 6.07) is 10.1. The molecule has 14 heavy (non-hydrogen) atoms. The average Bonchev–Trinajstić information content (AvgIpc) is 2.19. The second-order valence-electron chi connectivity index (χ2n) is 3.66. The zero-order valence-corrected chi connectivity index (χ0v) is 8.48. The second-order valence-corrected chi connectivity index (χ2v) is 3.66. The fraction of sp³-hybridized carbons (Fsp3) is 0.455. The fourth-order valence-electron chi connectivity index (χ4n) is 1.48. The molecule has 1 aromatic rings. The van der Waals surface area contributed by atoms with Gasteiger partial charge in [0.1, 0.15) is 19.2 Å². The second kappa shape index (κ2) is 5.75. The summed E-state index contributed by atoms with van der Waals surface area (Å²) in [6.07, 6.45) is -0.612. The van der Waals surface area contributed by atoms with E-state index in [1.54, 1.807) is 0 Å². The Bertz CT molecular complexity index is 251. The van der Waals surface area contributed by atoms with Gasteiger partial charge in [0, 0.05) is 5.56 Å². The molecule has 1 rings (SSSR count). The van der Waals surface area contributed by atoms with E-state index < -0.39 is 6.10 Å². The van der Waals surface area contributed by atoms with E-state index >= 15 is 0 Å². The molecule has 3 nitrogen and oxygen atoms in total. The molecule has 0 radical (unpaired) electrons. The Labute approximate surface area is 84.6 Å². The summed E-state index contributed by atoms with van der Waals surface area (Å²) in [5, 5.41) is 17.9. The normalized spacial score (nSPS) is 15.1. The van der Waals surface area contributed by atoms with Gasteiger partial charge in [-0.25, -0.2) is 0 Å². The summed E-state index contributed by atoms with van der Waals surface area (Å²) in [6.45, 7) is 1.29. The van der Waals surface area contributed by atoms with Crippen molar-refractivity contribution in [1.82, 2.24) is 0 Å². The van der Waals surface area contributed by atoms with Gasteiger partial charge in [-0.15, -0.1) is 0 Å². The highest BCUT2D eigenvalue weighted by Crippen LogP contribution is 1.94. The molecule has 2 unspecified atom stereocenters. The lowest BCUT2D eigenvalue weighted by Crippen LogP contribution is -3.08. The zero-order chi connectivity index (χ0) is 10.4. The van der Waals surface area contributed by atoms with Crippen LogP contribution in [0, 0.1) is 0 Å². The van der Waals surface area contributed by atoms with Crippen LogP contribution in [0.2, 0.25) is 0 Å². The van der Waals surface area contributed by atoms with Crippen molar-refractivity contribution >= 4 is 0 Å². The van der Waals surface area contributed by atoms with Crippen molar-refractivity contribution in [2.75, 3.05) is 20.2 Å². The standard InChI is InChI=1S/C11H17NO2/c1-12(8-11(14)9-13)7-10-5-3-2-4-6-10/h2-6,11,13-14H,7-9H2,1H3/p+1. The van der Waals surface area contributed by atoms with Crippen LogP contribution in [0.5, 0.6) is 0 Å². The largest absolute Gasteiger partial charge is 0.393 e. The van der Waals surface area contributed by atoms with E-state index in [2.05, 4.69) is 12.1 Å². The number of hydrogen-bond acceptors (Lipinski definition) is 2. The molecule has 0 saturated carbocycles. The van der Waals surface area contributed by atoms with Crippen molar-refractivity contribution in [2.24, 2.45) is 0 Å². The summed E-state index contributed by atoms with van der Waals surface area (Å²) >= 11 is 0. The molecular weight excluding hydrogens is 178 g/mol. The average molecular weight is 196 g/mol. The number of benzene rings is 1. The summed E-state index contributed by atoms with van der Waals surface area (Å²) in [5.41, 5.74) is 1.25. The van der Waals surface area contributed by atoms with Crippen LogP contribution in [0.1, 0.15) is 5.56 Å². The van der Waals surface area contributed by atoms with Gasteiger partial charge in [0.05, 0.1) is 13.7 Å². The van der Waals surface area contributed by atoms with E-state index in [1.165, 1.54) is 10.5 Å². The maximum absolute atomic E-state index is 9.24. The van der Waals surface area contributed by atoms with E-state index in [9.17, 15) is 5.11 Å². The van der Waals surface area contributed by atoms with E-state index in [1.807, 2.05) is 25.2 Å². The van der Waals surface area contributed by atoms with Gasteiger partial charge in [-0.05, 0) is 0 Å². The van der Waals surface area contributed by atoms with Gasteiger partial charge >= 0.3 is 0 Å². The van der Waals surface area contributed by atoms with Crippen molar-refractivity contribution in [1.29, 1.82) is 0 Å². The lowest BCUT2D eigenvalue weighted by molar-refractivity contribution is -0.897. The topological polar surface area (TPSA) is 44.9 Å². The van der Waals surface area contributed by atoms with Crippen molar-refractivity contribution in [3.05, 3.63) is 35.9 Å². The molecular formula is C11H18NO2+. The number of likely N-dealkylation sites (N-methyl/N-ethyl adjacent to an activating group) is 1. The molecule has 0 aliphatic carbocycles. The summed E-state index contributed by atoms with van der Waals surface area (Å²) < 4.78 is 0. The SMILES string of the molecule is C[NH+](Cc1ccccc1)CC(O)CO. The highest BCUT2D eigenvalue weighted by Gasteiger charge is 2.09. The first-order chi connectivity index (χ1) is 6.72. The van der Waals surface area contributed by atoms with Crippen LogP contribution in [0.3, 0.4) is 0 Å². The van der Waals surface area contributed by atoms with Gasteiger partial charge in [0.2, 0.25) is 0 Å². The first-order valence-corrected chi connectivity index (χ1v) is 4.86. The van der Waals surface area contributed by atoms with Gasteiger partial charge in [0.15, 0.2) is 0 Å². The Hall–Kier alpha value is -0.900. The van der Waals surface area contributed by atoms with Crippen LogP contribution < -0.4 is 4.90 Å². The van der Waals surface area contributed by atoms with E-state index in [-0.39, 0.29) is 6.61 Å². The molecule has 0 amide bonds. The van der Waals surface area contributed by atoms with Crippen LogP contribution in [0.4, 0.5) is 0 Å². The molecule has 0 heterocycles. The highest BCUT2D eigenvalue weighted by molar-refractivity contribution is 5.13. The predicted octanol–water partition coefficient (Wildman–Crippen LogP) is -0.946. The van der Waals surface area contributed by atoms with Crippen LogP contribution in [-0.4, -0.2) is 36.5 Å². The molecule has 0 saturated heterocycles. The molecule has 0 aliphatic heterocycles. The summed E-state index contributed by atoms with van der Waals surface area (Å²) in [4.78, 5) is 1.19. The highest BCUT2D eigenvalue weighted by atomic mass is 16.3. The minimum absolute atomic E-state index is 0.161. The number of quaternary nitrogens is 1. The number of aliphatic hydroxyl groups excluding tert-OH is 2. The van der Waals surface area contributed by atoms with Gasteiger partial charge in [-0.2, -0.15) is 0 Å². The number of hydrogen-bond donors (Lipinski definition) is 3. The molecule has 0 aliphatic rings. The Morgan fingerprint density at radius 3 is 2.50 bits per heavy atom. The van der Waals surface area contributed by atoms with Gasteiger partial charge in [0.25, 0.3) is 0 Å². The lowest BCUT2D eigenvalue weighted by Gasteiger charge is -2.16. The monoisotopic (exact) mass is 196 g/mol. The van der Waals surface area contributed by atoms with Crippen LogP contribution in [0.15, 0.2) is 30.3 Å². The van der Waals surface area contributed by atoms with Crippen molar-refractivity contribution in [2.45, 2.75) is 12.6 Å². The third kappa shape index (κ3) is 3.87. The van der Waals surface area contributed by atoms with Gasteiger partial charge in [-0.3, -0.25) is 0 Å². The molecule has 0 fully saturated rings. The maximum Gasteiger partial charge on any atom is 0.126 e. The van der Waals surface area contributed by atoms with Crippen LogP contribution in [0.25, 0.3) is 0 Å². The minimum Gasteiger partial charge on any atom is -0.393 e. The van der Waals surface area contributed by atoms with Gasteiger partial charge in [-0.1, -0.05) is 30.3 Å². The van der Waals surface area contributed by atoms with E-state index in [4.69, 9.17) is 5.11 Å². The number of nitrogens with one attached hydrogen (secondary N) is 1. The Balaban J connectivity index is 2.37. The molecule has 3 N–H and O–H groups in total. The fourth-order valence-corrected chi connectivity index (χ4v) is 1.48. The van der Waals surface area contributed by atoms with E-state index in [0.29, 0.717) is 6.54 Å². The van der Waals surface area contributed by atoms with E-state index in [0.717, 1.165) is 6.54 Å². The lowest BCUT2D eigenvalue weighted by atomic mass is 10.2. The molecule has 78 valence electrons. The molecule has 0 spiro atoms. The first kappa shape index (κ1) is 11.2. The Morgan fingerprint density at radius 2 is 1.93 bits per heavy atom. The number of aliphatic hydroxyl groups is 2. The van der Waals surface area contributed by atoms with Crippen molar-refractivity contribution in [3.63, 3.8) is 0 Å². The smallest absolute Gasteiger partial charge is 0.126 e. The first-order valence-electron chi connectivity index (χ1n) is 4.86. The van der Waals surface area contributed by atoms with Crippen molar-refractivity contribution in [3.8, 4) is 0 Å². The predicted molar refractivity (Wildman–Crippen MR) is 55.0 cm³/mol. The van der Waals surface area contributed by atoms with Gasteiger partial charge < -0.3 is 15.1 Å². The van der Waals surface area contributed by atoms with Crippen LogP contribution >= 0.6 is 0 Å². The molecule has 2 atom stereocenters. The van der Waals surface area contributed by atoms with Crippen LogP contribution in [-0.2, 0) is 6.54 Å². The summed E-state index contributed by atoms with van der Waals surface area (Å²) in [7, 11) is 2.01. The molecule has 3 heteroatoms. The van der Waals surface area contributed by atoms with Crippen molar-refractivity contribution < 1.29 is 15.1 Å². The quantitative estimate of drug-likeness (QED) is 0.569. The minimum atomic E-state index is -0.612. The third-order valence-corrected chi connectivity index (χ3v) is 2.14. The maximum atomic E-state index is 9.24. The third-order valence-electron chi connectivity index (χ3n) is 2.14. The Morgan fingerprint density at radius 1 is 1.29 bits per heavy atom. The molecule has 0 aromatic heterocycles.